The fourth-order valence-corrected chi connectivity index (χ4v) is 3.36. The zero-order valence-electron chi connectivity index (χ0n) is 10.4. The van der Waals surface area contributed by atoms with Crippen molar-refractivity contribution in [3.05, 3.63) is 33.4 Å². The summed E-state index contributed by atoms with van der Waals surface area (Å²) in [7, 11) is -3.30. The van der Waals surface area contributed by atoms with Gasteiger partial charge in [0, 0.05) is 9.13 Å². The van der Waals surface area contributed by atoms with Crippen molar-refractivity contribution in [3.63, 3.8) is 0 Å². The highest BCUT2D eigenvalue weighted by molar-refractivity contribution is 14.1. The summed E-state index contributed by atoms with van der Waals surface area (Å²) in [5.41, 5.74) is 0.523. The van der Waals surface area contributed by atoms with Crippen molar-refractivity contribution in [3.8, 4) is 0 Å². The molecule has 0 aromatic heterocycles. The van der Waals surface area contributed by atoms with Crippen LogP contribution in [0.4, 0.5) is 0 Å². The smallest absolute Gasteiger partial charge is 0.309 e. The molecule has 0 N–H and O–H groups in total. The largest absolute Gasteiger partial charge is 0.338 e. The fraction of sp³-hybridized carbons (Fsp3) is 0.417. The summed E-state index contributed by atoms with van der Waals surface area (Å²) in [6.07, 6.45) is -0.213. The lowest BCUT2D eigenvalue weighted by Gasteiger charge is -2.16. The van der Waals surface area contributed by atoms with Crippen LogP contribution in [-0.4, -0.2) is 25.2 Å². The van der Waals surface area contributed by atoms with Crippen molar-refractivity contribution in [2.75, 3.05) is 19.4 Å². The van der Waals surface area contributed by atoms with Crippen molar-refractivity contribution in [2.45, 2.75) is 13.8 Å². The molecule has 0 bridgehead atoms. The number of carbonyl (C=O) groups is 1. The van der Waals surface area contributed by atoms with E-state index >= 15 is 0 Å². The Balaban J connectivity index is 2.78. The molecule has 0 aliphatic heterocycles. The summed E-state index contributed by atoms with van der Waals surface area (Å²) >= 11 is 2.16. The summed E-state index contributed by atoms with van der Waals surface area (Å²) in [5.74, 6) is -0.225. The second-order valence-corrected chi connectivity index (χ2v) is 6.83. The van der Waals surface area contributed by atoms with E-state index < -0.39 is 7.60 Å². The first-order valence-corrected chi connectivity index (χ1v) is 8.48. The molecular formula is C12H16IO4P. The number of benzene rings is 1. The lowest BCUT2D eigenvalue weighted by molar-refractivity contribution is 0.100. The van der Waals surface area contributed by atoms with Gasteiger partial charge < -0.3 is 9.05 Å². The molecule has 0 saturated heterocycles. The summed E-state index contributed by atoms with van der Waals surface area (Å²) in [5, 5.41) is 0. The van der Waals surface area contributed by atoms with Crippen LogP contribution in [0.5, 0.6) is 0 Å². The monoisotopic (exact) mass is 382 g/mol. The molecule has 1 aromatic rings. The van der Waals surface area contributed by atoms with Gasteiger partial charge in [0.2, 0.25) is 0 Å². The van der Waals surface area contributed by atoms with E-state index in [1.807, 2.05) is 12.1 Å². The highest BCUT2D eigenvalue weighted by atomic mass is 127. The van der Waals surface area contributed by atoms with E-state index in [-0.39, 0.29) is 25.2 Å². The predicted molar refractivity (Wildman–Crippen MR) is 79.2 cm³/mol. The first kappa shape index (κ1) is 15.8. The third-order valence-corrected chi connectivity index (χ3v) is 4.85. The molecule has 1 aromatic carbocycles. The Kier molecular flexibility index (Phi) is 6.49. The van der Waals surface area contributed by atoms with Crippen LogP contribution in [0, 0.1) is 3.57 Å². The minimum atomic E-state index is -3.30. The Morgan fingerprint density at radius 3 is 2.11 bits per heavy atom. The Hall–Kier alpha value is -0.230. The number of hydrogen-bond donors (Lipinski definition) is 0. The molecule has 0 unspecified atom stereocenters. The molecule has 4 nitrogen and oxygen atoms in total. The summed E-state index contributed by atoms with van der Waals surface area (Å²) in [6.45, 7) is 3.97. The van der Waals surface area contributed by atoms with Gasteiger partial charge >= 0.3 is 7.60 Å². The molecule has 0 saturated carbocycles. The summed E-state index contributed by atoms with van der Waals surface area (Å²) < 4.78 is 23.4. The van der Waals surface area contributed by atoms with Crippen LogP contribution in [0.2, 0.25) is 0 Å². The van der Waals surface area contributed by atoms with Crippen molar-refractivity contribution in [1.82, 2.24) is 0 Å². The van der Waals surface area contributed by atoms with Gasteiger partial charge in [0.25, 0.3) is 0 Å². The summed E-state index contributed by atoms with van der Waals surface area (Å²) in [6, 6.07) is 7.10. The van der Waals surface area contributed by atoms with E-state index in [0.717, 1.165) is 3.57 Å². The number of rotatable bonds is 7. The molecule has 0 heterocycles. The van der Waals surface area contributed by atoms with E-state index in [9.17, 15) is 9.36 Å². The molecule has 0 atom stereocenters. The topological polar surface area (TPSA) is 52.6 Å². The molecule has 18 heavy (non-hydrogen) atoms. The van der Waals surface area contributed by atoms with Gasteiger partial charge in [0.15, 0.2) is 5.78 Å². The van der Waals surface area contributed by atoms with Crippen molar-refractivity contribution in [1.29, 1.82) is 0 Å². The number of halogens is 1. The van der Waals surface area contributed by atoms with Gasteiger partial charge in [-0.3, -0.25) is 9.36 Å². The van der Waals surface area contributed by atoms with Gasteiger partial charge in [0.05, 0.1) is 13.2 Å². The van der Waals surface area contributed by atoms with Crippen LogP contribution in [0.3, 0.4) is 0 Å². The Morgan fingerprint density at radius 1 is 1.17 bits per heavy atom. The van der Waals surface area contributed by atoms with Gasteiger partial charge in [-0.05, 0) is 48.6 Å². The maximum absolute atomic E-state index is 12.2. The molecule has 0 spiro atoms. The van der Waals surface area contributed by atoms with Gasteiger partial charge in [-0.15, -0.1) is 0 Å². The SMILES string of the molecule is CCOP(=O)(CC(=O)c1ccc(I)cc1)OCC. The highest BCUT2D eigenvalue weighted by Gasteiger charge is 2.27. The van der Waals surface area contributed by atoms with E-state index in [0.29, 0.717) is 5.56 Å². The number of carbonyl (C=O) groups excluding carboxylic acids is 1. The Bertz CT molecular complexity index is 434. The van der Waals surface area contributed by atoms with Gasteiger partial charge in [-0.25, -0.2) is 0 Å². The quantitative estimate of drug-likeness (QED) is 0.410. The first-order chi connectivity index (χ1) is 8.50. The van der Waals surface area contributed by atoms with Crippen LogP contribution in [-0.2, 0) is 13.6 Å². The molecule has 100 valence electrons. The molecule has 0 aliphatic carbocycles. The average molecular weight is 382 g/mol. The normalized spacial score (nSPS) is 11.5. The minimum absolute atomic E-state index is 0.213. The third kappa shape index (κ3) is 4.80. The molecule has 0 aliphatic rings. The zero-order chi connectivity index (χ0) is 13.6. The van der Waals surface area contributed by atoms with E-state index in [1.165, 1.54) is 0 Å². The Morgan fingerprint density at radius 2 is 1.67 bits per heavy atom. The molecule has 0 radical (unpaired) electrons. The van der Waals surface area contributed by atoms with E-state index in [2.05, 4.69) is 22.6 Å². The van der Waals surface area contributed by atoms with Crippen LogP contribution in [0.1, 0.15) is 24.2 Å². The maximum Gasteiger partial charge on any atom is 0.338 e. The minimum Gasteiger partial charge on any atom is -0.309 e. The van der Waals surface area contributed by atoms with Gasteiger partial charge in [-0.2, -0.15) is 0 Å². The van der Waals surface area contributed by atoms with Gasteiger partial charge in [-0.1, -0.05) is 12.1 Å². The average Bonchev–Trinajstić information content (AvgIpc) is 2.30. The molecule has 0 amide bonds. The summed E-state index contributed by atoms with van der Waals surface area (Å²) in [4.78, 5) is 12.0. The second kappa shape index (κ2) is 7.38. The third-order valence-electron chi connectivity index (χ3n) is 2.16. The van der Waals surface area contributed by atoms with Crippen molar-refractivity contribution in [2.24, 2.45) is 0 Å². The van der Waals surface area contributed by atoms with Crippen molar-refractivity contribution >= 4 is 36.0 Å². The van der Waals surface area contributed by atoms with Crippen LogP contribution in [0.15, 0.2) is 24.3 Å². The number of Topliss-reactive ketones (excluding diaryl/α,β-unsaturated/α-hetero) is 1. The lowest BCUT2D eigenvalue weighted by atomic mass is 10.2. The molecule has 0 fully saturated rings. The predicted octanol–water partition coefficient (Wildman–Crippen LogP) is 3.74. The highest BCUT2D eigenvalue weighted by Crippen LogP contribution is 2.48. The Labute approximate surface area is 121 Å². The molecular weight excluding hydrogens is 366 g/mol. The van der Waals surface area contributed by atoms with E-state index in [4.69, 9.17) is 9.05 Å². The molecule has 1 rings (SSSR count). The lowest BCUT2D eigenvalue weighted by Crippen LogP contribution is -2.10. The van der Waals surface area contributed by atoms with Crippen LogP contribution < -0.4 is 0 Å². The number of hydrogen-bond acceptors (Lipinski definition) is 4. The maximum atomic E-state index is 12.2. The van der Waals surface area contributed by atoms with E-state index in [1.54, 1.807) is 26.0 Å². The fourth-order valence-electron chi connectivity index (χ4n) is 1.42. The van der Waals surface area contributed by atoms with Gasteiger partial charge in [0.1, 0.15) is 6.16 Å². The number of ketones is 1. The molecule has 6 heteroatoms. The standard InChI is InChI=1S/C12H16IO4P/c1-3-16-18(15,17-4-2)9-12(14)10-5-7-11(13)8-6-10/h5-8H,3-4,9H2,1-2H3. The first-order valence-electron chi connectivity index (χ1n) is 5.67. The van der Waals surface area contributed by atoms with Crippen LogP contribution >= 0.6 is 30.2 Å². The second-order valence-electron chi connectivity index (χ2n) is 3.53. The van der Waals surface area contributed by atoms with Crippen LogP contribution in [0.25, 0.3) is 0 Å². The van der Waals surface area contributed by atoms with Crippen molar-refractivity contribution < 1.29 is 18.4 Å². The zero-order valence-corrected chi connectivity index (χ0v) is 13.4.